The van der Waals surface area contributed by atoms with E-state index in [1.807, 2.05) is 43.5 Å². The quantitative estimate of drug-likeness (QED) is 0.213. The van der Waals surface area contributed by atoms with E-state index < -0.39 is 17.7 Å². The zero-order chi connectivity index (χ0) is 22.6. The van der Waals surface area contributed by atoms with Crippen molar-refractivity contribution in [2.24, 2.45) is 0 Å². The number of ketones is 1. The van der Waals surface area contributed by atoms with Crippen LogP contribution in [0.3, 0.4) is 0 Å². The van der Waals surface area contributed by atoms with Gasteiger partial charge >= 0.3 is 5.91 Å². The number of benzene rings is 2. The summed E-state index contributed by atoms with van der Waals surface area (Å²) in [6.45, 7) is 3.99. The van der Waals surface area contributed by atoms with E-state index in [4.69, 9.17) is 16.6 Å². The van der Waals surface area contributed by atoms with Crippen LogP contribution in [-0.2, 0) is 9.59 Å². The predicted molar refractivity (Wildman–Crippen MR) is 130 cm³/mol. The van der Waals surface area contributed by atoms with Gasteiger partial charge in [0.15, 0.2) is 5.13 Å². The molecule has 3 heterocycles. The molecule has 1 saturated heterocycles. The summed E-state index contributed by atoms with van der Waals surface area (Å²) in [5, 5.41) is 13.9. The third-order valence-electron chi connectivity index (χ3n) is 5.40. The van der Waals surface area contributed by atoms with E-state index in [0.717, 1.165) is 26.2 Å². The molecule has 1 N–H and O–H groups in total. The molecular formula is C24H17ClN2O3S2. The van der Waals surface area contributed by atoms with Gasteiger partial charge in [-0.1, -0.05) is 35.1 Å². The van der Waals surface area contributed by atoms with Crippen molar-refractivity contribution in [3.8, 4) is 0 Å². The molecule has 5 nitrogen and oxygen atoms in total. The summed E-state index contributed by atoms with van der Waals surface area (Å²) in [7, 11) is 0. The molecule has 4 aromatic rings. The fraction of sp³-hybridized carbons (Fsp3) is 0.125. The van der Waals surface area contributed by atoms with Crippen LogP contribution in [0.5, 0.6) is 0 Å². The van der Waals surface area contributed by atoms with Crippen molar-refractivity contribution in [1.29, 1.82) is 0 Å². The number of amides is 1. The number of Topliss-reactive ketones (excluding diaryl/α,β-unsaturated/α-hetero) is 1. The lowest BCUT2D eigenvalue weighted by Gasteiger charge is -2.21. The second-order valence-electron chi connectivity index (χ2n) is 7.62. The molecule has 2 aromatic carbocycles. The molecule has 1 unspecified atom stereocenters. The minimum absolute atomic E-state index is 0.0481. The van der Waals surface area contributed by atoms with Crippen molar-refractivity contribution in [1.82, 2.24) is 4.98 Å². The minimum Gasteiger partial charge on any atom is -0.507 e. The molecule has 1 aliphatic rings. The molecule has 32 heavy (non-hydrogen) atoms. The molecule has 0 saturated carbocycles. The Morgan fingerprint density at radius 2 is 1.88 bits per heavy atom. The minimum atomic E-state index is -0.757. The van der Waals surface area contributed by atoms with Gasteiger partial charge in [0.1, 0.15) is 11.8 Å². The molecular weight excluding hydrogens is 464 g/mol. The average Bonchev–Trinajstić information content (AvgIpc) is 3.47. The van der Waals surface area contributed by atoms with Gasteiger partial charge in [-0.3, -0.25) is 14.5 Å². The number of thiazole rings is 1. The van der Waals surface area contributed by atoms with Crippen molar-refractivity contribution in [3.63, 3.8) is 0 Å². The molecule has 160 valence electrons. The summed E-state index contributed by atoms with van der Waals surface area (Å²) >= 11 is 8.76. The van der Waals surface area contributed by atoms with Crippen LogP contribution in [0.4, 0.5) is 5.13 Å². The highest BCUT2D eigenvalue weighted by atomic mass is 35.5. The number of anilines is 1. The first-order chi connectivity index (χ1) is 15.3. The lowest BCUT2D eigenvalue weighted by molar-refractivity contribution is -0.132. The summed E-state index contributed by atoms with van der Waals surface area (Å²) in [5.41, 5.74) is 3.38. The number of nitrogens with zero attached hydrogens (tertiary/aromatic N) is 2. The highest BCUT2D eigenvalue weighted by molar-refractivity contribution is 7.22. The third-order valence-corrected chi connectivity index (χ3v) is 7.58. The van der Waals surface area contributed by atoms with Gasteiger partial charge in [0.05, 0.1) is 15.8 Å². The van der Waals surface area contributed by atoms with Gasteiger partial charge in [0, 0.05) is 15.5 Å². The van der Waals surface area contributed by atoms with Crippen LogP contribution in [0.1, 0.15) is 27.6 Å². The maximum atomic E-state index is 13.2. The highest BCUT2D eigenvalue weighted by Crippen LogP contribution is 2.45. The summed E-state index contributed by atoms with van der Waals surface area (Å²) in [6.07, 6.45) is 0. The Labute approximate surface area is 197 Å². The number of carbonyl (C=O) groups excluding carboxylic acids is 2. The molecule has 1 aliphatic heterocycles. The Kier molecular flexibility index (Phi) is 5.12. The zero-order valence-corrected chi connectivity index (χ0v) is 19.5. The topological polar surface area (TPSA) is 70.5 Å². The molecule has 1 atom stereocenters. The van der Waals surface area contributed by atoms with Gasteiger partial charge in [-0.2, -0.15) is 0 Å². The van der Waals surface area contributed by atoms with Gasteiger partial charge in [-0.05, 0) is 66.8 Å². The molecule has 0 spiro atoms. The van der Waals surface area contributed by atoms with E-state index in [-0.39, 0.29) is 11.3 Å². The molecule has 1 amide bonds. The number of halogens is 1. The Hall–Kier alpha value is -3.00. The van der Waals surface area contributed by atoms with Gasteiger partial charge in [0.2, 0.25) is 0 Å². The van der Waals surface area contributed by atoms with Crippen molar-refractivity contribution in [2.45, 2.75) is 19.9 Å². The van der Waals surface area contributed by atoms with Crippen molar-refractivity contribution >= 4 is 67.1 Å². The standard InChI is InChI=1S/C24H17ClN2O3S2/c1-12-10-13(2)19-17(11-12)32-24(26-19)27-20(16-4-3-9-31-16)18(22(29)23(27)30)21(28)14-5-7-15(25)8-6-14/h3-11,20,28H,1-2H3/b21-18+. The number of aromatic nitrogens is 1. The smallest absolute Gasteiger partial charge is 0.301 e. The van der Waals surface area contributed by atoms with Crippen LogP contribution in [0.2, 0.25) is 5.02 Å². The van der Waals surface area contributed by atoms with E-state index in [2.05, 4.69) is 0 Å². The number of fused-ring (bicyclic) bond motifs is 1. The molecule has 0 bridgehead atoms. The van der Waals surface area contributed by atoms with Gasteiger partial charge in [-0.25, -0.2) is 4.98 Å². The van der Waals surface area contributed by atoms with Crippen LogP contribution in [0.15, 0.2) is 59.5 Å². The fourth-order valence-electron chi connectivity index (χ4n) is 3.97. The third kappa shape index (κ3) is 3.33. The summed E-state index contributed by atoms with van der Waals surface area (Å²) in [4.78, 5) is 33.3. The van der Waals surface area contributed by atoms with E-state index in [9.17, 15) is 14.7 Å². The van der Waals surface area contributed by atoms with E-state index in [1.165, 1.54) is 27.6 Å². The number of rotatable bonds is 3. The molecule has 2 aromatic heterocycles. The molecule has 0 aliphatic carbocycles. The first-order valence-electron chi connectivity index (χ1n) is 9.83. The SMILES string of the molecule is Cc1cc(C)c2nc(N3C(=O)C(=O)/C(=C(/O)c4ccc(Cl)cc4)C3c3cccs3)sc2c1. The van der Waals surface area contributed by atoms with Crippen LogP contribution in [0, 0.1) is 13.8 Å². The summed E-state index contributed by atoms with van der Waals surface area (Å²) in [5.74, 6) is -1.66. The summed E-state index contributed by atoms with van der Waals surface area (Å²) < 4.78 is 0.946. The number of hydrogen-bond donors (Lipinski definition) is 1. The Balaban J connectivity index is 1.72. The average molecular weight is 481 g/mol. The predicted octanol–water partition coefficient (Wildman–Crippen LogP) is 6.25. The molecule has 1 fully saturated rings. The van der Waals surface area contributed by atoms with Crippen LogP contribution >= 0.6 is 34.3 Å². The van der Waals surface area contributed by atoms with Crippen LogP contribution < -0.4 is 4.90 Å². The maximum absolute atomic E-state index is 13.2. The van der Waals surface area contributed by atoms with Crippen LogP contribution in [-0.4, -0.2) is 21.8 Å². The second kappa shape index (κ2) is 7.85. The summed E-state index contributed by atoms with van der Waals surface area (Å²) in [6, 6.07) is 13.5. The van der Waals surface area contributed by atoms with Gasteiger partial charge in [-0.15, -0.1) is 11.3 Å². The lowest BCUT2D eigenvalue weighted by Crippen LogP contribution is -2.28. The molecule has 0 radical (unpaired) electrons. The number of thiophene rings is 1. The number of hydrogen-bond acceptors (Lipinski definition) is 6. The number of aliphatic hydroxyl groups excluding tert-OH is 1. The van der Waals surface area contributed by atoms with Gasteiger partial charge < -0.3 is 5.11 Å². The monoisotopic (exact) mass is 480 g/mol. The first-order valence-corrected chi connectivity index (χ1v) is 11.9. The largest absolute Gasteiger partial charge is 0.507 e. The molecule has 8 heteroatoms. The number of aliphatic hydroxyl groups is 1. The van der Waals surface area contributed by atoms with E-state index in [0.29, 0.717) is 15.7 Å². The van der Waals surface area contributed by atoms with E-state index >= 15 is 0 Å². The molecule has 5 rings (SSSR count). The number of aryl methyl sites for hydroxylation is 2. The highest BCUT2D eigenvalue weighted by Gasteiger charge is 2.48. The van der Waals surface area contributed by atoms with Crippen molar-refractivity contribution in [3.05, 3.63) is 86.1 Å². The maximum Gasteiger partial charge on any atom is 0.301 e. The second-order valence-corrected chi connectivity index (χ2v) is 10.0. The van der Waals surface area contributed by atoms with Crippen molar-refractivity contribution < 1.29 is 14.7 Å². The zero-order valence-electron chi connectivity index (χ0n) is 17.1. The van der Waals surface area contributed by atoms with Gasteiger partial charge in [0.25, 0.3) is 5.78 Å². The van der Waals surface area contributed by atoms with E-state index in [1.54, 1.807) is 24.3 Å². The lowest BCUT2D eigenvalue weighted by atomic mass is 10.00. The Bertz CT molecular complexity index is 1410. The first kappa shape index (κ1) is 20.9. The van der Waals surface area contributed by atoms with Crippen molar-refractivity contribution in [2.75, 3.05) is 4.90 Å². The number of carbonyl (C=O) groups is 2. The Morgan fingerprint density at radius 1 is 1.12 bits per heavy atom. The Morgan fingerprint density at radius 3 is 2.56 bits per heavy atom. The fourth-order valence-corrected chi connectivity index (χ4v) is 6.09. The van der Waals surface area contributed by atoms with Crippen LogP contribution in [0.25, 0.3) is 16.0 Å². The normalized spacial score (nSPS) is 18.1.